The fourth-order valence-corrected chi connectivity index (χ4v) is 1.20. The first-order valence-corrected chi connectivity index (χ1v) is 4.81. The topological polar surface area (TPSA) is 53.4 Å². The van der Waals surface area contributed by atoms with E-state index >= 15 is 0 Å². The van der Waals surface area contributed by atoms with Crippen molar-refractivity contribution in [3.05, 3.63) is 29.8 Å². The number of halogens is 2. The van der Waals surface area contributed by atoms with Gasteiger partial charge in [0.1, 0.15) is 11.9 Å². The van der Waals surface area contributed by atoms with Gasteiger partial charge in [0.15, 0.2) is 0 Å². The Hall–Kier alpha value is -0.520. The van der Waals surface area contributed by atoms with Gasteiger partial charge in [-0.15, -0.1) is 0 Å². The van der Waals surface area contributed by atoms with Crippen molar-refractivity contribution in [1.29, 1.82) is 0 Å². The lowest BCUT2D eigenvalue weighted by molar-refractivity contribution is 0.0314. The predicted octanol–water partition coefficient (Wildman–Crippen LogP) is 1.01. The average Bonchev–Trinajstić information content (AvgIpc) is 2.17. The second-order valence-corrected chi connectivity index (χ2v) is 3.22. The molecule has 1 heterocycles. The van der Waals surface area contributed by atoms with Gasteiger partial charge in [0.05, 0.1) is 18.0 Å². The Morgan fingerprint density at radius 2 is 2.15 bits per heavy atom. The van der Waals surface area contributed by atoms with Crippen molar-refractivity contribution in [2.24, 2.45) is 0 Å². The molecule has 3 nitrogen and oxygen atoms in total. The number of aliphatic hydroxyl groups is 2. The number of hydrogen-bond acceptors (Lipinski definition) is 3. The molecule has 72 valence electrons. The molecule has 2 atom stereocenters. The first kappa shape index (κ1) is 10.6. The van der Waals surface area contributed by atoms with E-state index in [1.54, 1.807) is 0 Å². The van der Waals surface area contributed by atoms with Gasteiger partial charge >= 0.3 is 0 Å². The molecular weight excluding hydrogens is 241 g/mol. The molecule has 0 saturated heterocycles. The van der Waals surface area contributed by atoms with Crippen molar-refractivity contribution in [2.75, 3.05) is 5.33 Å². The molecule has 0 aromatic carbocycles. The van der Waals surface area contributed by atoms with Crippen molar-refractivity contribution in [2.45, 2.75) is 12.2 Å². The number of pyridine rings is 1. The summed E-state index contributed by atoms with van der Waals surface area (Å²) in [6.45, 7) is 0. The Morgan fingerprint density at radius 3 is 2.62 bits per heavy atom. The van der Waals surface area contributed by atoms with E-state index in [1.807, 2.05) is 0 Å². The van der Waals surface area contributed by atoms with E-state index in [0.717, 1.165) is 6.20 Å². The molecule has 2 unspecified atom stereocenters. The molecule has 0 aliphatic carbocycles. The van der Waals surface area contributed by atoms with Gasteiger partial charge in [-0.1, -0.05) is 15.9 Å². The van der Waals surface area contributed by atoms with Gasteiger partial charge in [-0.3, -0.25) is 4.98 Å². The molecule has 0 bridgehead atoms. The first-order valence-electron chi connectivity index (χ1n) is 3.68. The lowest BCUT2D eigenvalue weighted by atomic mass is 10.1. The van der Waals surface area contributed by atoms with Crippen LogP contribution in [-0.2, 0) is 0 Å². The summed E-state index contributed by atoms with van der Waals surface area (Å²) in [5.74, 6) is -0.468. The molecule has 0 aliphatic heterocycles. The molecule has 13 heavy (non-hydrogen) atoms. The number of hydrogen-bond donors (Lipinski definition) is 2. The van der Waals surface area contributed by atoms with Crippen LogP contribution in [0.15, 0.2) is 18.3 Å². The molecular formula is C8H9BrFNO2. The molecule has 0 radical (unpaired) electrons. The maximum absolute atomic E-state index is 12.4. The van der Waals surface area contributed by atoms with Gasteiger partial charge in [0.2, 0.25) is 0 Å². The second kappa shape index (κ2) is 4.64. The van der Waals surface area contributed by atoms with Crippen LogP contribution in [0.4, 0.5) is 4.39 Å². The summed E-state index contributed by atoms with van der Waals surface area (Å²) in [6, 6.07) is 2.53. The monoisotopic (exact) mass is 249 g/mol. The van der Waals surface area contributed by atoms with Gasteiger partial charge in [0, 0.05) is 5.33 Å². The summed E-state index contributed by atoms with van der Waals surface area (Å²) >= 11 is 3.02. The SMILES string of the molecule is OC(CBr)C(O)c1ccc(F)cn1. The molecule has 0 aliphatic rings. The normalized spacial score (nSPS) is 15.4. The maximum Gasteiger partial charge on any atom is 0.141 e. The van der Waals surface area contributed by atoms with E-state index < -0.39 is 18.0 Å². The Bertz CT molecular complexity index is 267. The van der Waals surface area contributed by atoms with Crippen molar-refractivity contribution in [1.82, 2.24) is 4.98 Å². The largest absolute Gasteiger partial charge is 0.389 e. The molecule has 1 aromatic heterocycles. The third-order valence-corrected chi connectivity index (χ3v) is 2.24. The standard InChI is InChI=1S/C8H9BrFNO2/c9-3-7(12)8(13)6-2-1-5(10)4-11-6/h1-2,4,7-8,12-13H,3H2. The van der Waals surface area contributed by atoms with Crippen LogP contribution in [0.3, 0.4) is 0 Å². The van der Waals surface area contributed by atoms with Crippen LogP contribution < -0.4 is 0 Å². The van der Waals surface area contributed by atoms with Gasteiger partial charge in [-0.2, -0.15) is 0 Å². The average molecular weight is 250 g/mol. The third-order valence-electron chi connectivity index (χ3n) is 1.58. The Labute approximate surface area is 83.4 Å². The number of aliphatic hydroxyl groups excluding tert-OH is 2. The van der Waals surface area contributed by atoms with E-state index in [1.165, 1.54) is 12.1 Å². The zero-order valence-corrected chi connectivity index (χ0v) is 8.28. The molecule has 0 fully saturated rings. The van der Waals surface area contributed by atoms with Crippen LogP contribution in [0.25, 0.3) is 0 Å². The highest BCUT2D eigenvalue weighted by Crippen LogP contribution is 2.15. The smallest absolute Gasteiger partial charge is 0.141 e. The molecule has 5 heteroatoms. The fourth-order valence-electron chi connectivity index (χ4n) is 0.844. The summed E-state index contributed by atoms with van der Waals surface area (Å²) in [4.78, 5) is 3.64. The van der Waals surface area contributed by atoms with Crippen LogP contribution in [-0.4, -0.2) is 26.6 Å². The van der Waals surface area contributed by atoms with E-state index in [4.69, 9.17) is 0 Å². The maximum atomic E-state index is 12.4. The highest BCUT2D eigenvalue weighted by atomic mass is 79.9. The quantitative estimate of drug-likeness (QED) is 0.787. The van der Waals surface area contributed by atoms with Crippen LogP contribution in [0.5, 0.6) is 0 Å². The van der Waals surface area contributed by atoms with E-state index in [0.29, 0.717) is 0 Å². The second-order valence-electron chi connectivity index (χ2n) is 2.57. The molecule has 1 rings (SSSR count). The number of rotatable bonds is 3. The first-order chi connectivity index (χ1) is 6.15. The van der Waals surface area contributed by atoms with Gasteiger partial charge < -0.3 is 10.2 Å². The molecule has 1 aromatic rings. The third kappa shape index (κ3) is 2.72. The van der Waals surface area contributed by atoms with Gasteiger partial charge in [-0.05, 0) is 12.1 Å². The Kier molecular flexibility index (Phi) is 3.77. The van der Waals surface area contributed by atoms with Crippen molar-refractivity contribution in [3.63, 3.8) is 0 Å². The lowest BCUT2D eigenvalue weighted by Gasteiger charge is -2.14. The predicted molar refractivity (Wildman–Crippen MR) is 49.0 cm³/mol. The highest BCUT2D eigenvalue weighted by molar-refractivity contribution is 9.09. The van der Waals surface area contributed by atoms with E-state index in [9.17, 15) is 14.6 Å². The number of nitrogens with zero attached hydrogens (tertiary/aromatic N) is 1. The molecule has 0 amide bonds. The zero-order valence-electron chi connectivity index (χ0n) is 6.69. The van der Waals surface area contributed by atoms with Crippen LogP contribution >= 0.6 is 15.9 Å². The number of aromatic nitrogens is 1. The molecule has 0 spiro atoms. The fraction of sp³-hybridized carbons (Fsp3) is 0.375. The molecule has 2 N–H and O–H groups in total. The van der Waals surface area contributed by atoms with Crippen molar-refractivity contribution >= 4 is 15.9 Å². The summed E-state index contributed by atoms with van der Waals surface area (Å²) < 4.78 is 12.4. The highest BCUT2D eigenvalue weighted by Gasteiger charge is 2.17. The minimum absolute atomic E-state index is 0.243. The van der Waals surface area contributed by atoms with E-state index in [2.05, 4.69) is 20.9 Å². The number of alkyl halides is 1. The van der Waals surface area contributed by atoms with Crippen molar-refractivity contribution < 1.29 is 14.6 Å². The molecule has 0 saturated carbocycles. The van der Waals surface area contributed by atoms with Crippen LogP contribution in [0.2, 0.25) is 0 Å². The van der Waals surface area contributed by atoms with Crippen LogP contribution in [0, 0.1) is 5.82 Å². The zero-order chi connectivity index (χ0) is 9.84. The van der Waals surface area contributed by atoms with Crippen molar-refractivity contribution in [3.8, 4) is 0 Å². The summed E-state index contributed by atoms with van der Waals surface area (Å²) in [5, 5.41) is 18.9. The van der Waals surface area contributed by atoms with E-state index in [-0.39, 0.29) is 11.0 Å². The van der Waals surface area contributed by atoms with Gasteiger partial charge in [-0.25, -0.2) is 4.39 Å². The van der Waals surface area contributed by atoms with Crippen LogP contribution in [0.1, 0.15) is 11.8 Å². The minimum Gasteiger partial charge on any atom is -0.389 e. The Balaban J connectivity index is 2.77. The minimum atomic E-state index is -1.08. The summed E-state index contributed by atoms with van der Waals surface area (Å²) in [5.41, 5.74) is 0.258. The van der Waals surface area contributed by atoms with Gasteiger partial charge in [0.25, 0.3) is 0 Å². The lowest BCUT2D eigenvalue weighted by Crippen LogP contribution is -2.20. The summed E-state index contributed by atoms with van der Waals surface area (Å²) in [7, 11) is 0. The summed E-state index contributed by atoms with van der Waals surface area (Å²) in [6.07, 6.45) is -1.02. The Morgan fingerprint density at radius 1 is 1.46 bits per heavy atom.